The number of hydrogen-bond acceptors (Lipinski definition) is 2. The fraction of sp³-hybridized carbons (Fsp3) is 0.400. The first-order chi connectivity index (χ1) is 7.65. The summed E-state index contributed by atoms with van der Waals surface area (Å²) < 4.78 is 64.5. The summed E-state index contributed by atoms with van der Waals surface area (Å²) >= 11 is 0. The summed E-state index contributed by atoms with van der Waals surface area (Å²) in [4.78, 5) is 0. The van der Waals surface area contributed by atoms with E-state index in [2.05, 4.69) is 4.74 Å². The van der Waals surface area contributed by atoms with Gasteiger partial charge in [-0.2, -0.15) is 0 Å². The molecule has 1 atom stereocenters. The van der Waals surface area contributed by atoms with Crippen LogP contribution >= 0.6 is 7.14 Å². The number of alkyl halides is 3. The van der Waals surface area contributed by atoms with E-state index in [1.54, 1.807) is 6.92 Å². The molecule has 7 heteroatoms. The molecule has 0 spiro atoms. The fourth-order valence-electron chi connectivity index (χ4n) is 1.17. The van der Waals surface area contributed by atoms with Crippen molar-refractivity contribution >= 4 is 12.4 Å². The molecule has 0 aromatic heterocycles. The summed E-state index contributed by atoms with van der Waals surface area (Å²) in [5, 5.41) is 0.167. The lowest BCUT2D eigenvalue weighted by atomic mass is 10.3. The van der Waals surface area contributed by atoms with E-state index in [-0.39, 0.29) is 11.5 Å². The zero-order valence-corrected chi connectivity index (χ0v) is 10.1. The Morgan fingerprint density at radius 1 is 1.35 bits per heavy atom. The van der Waals surface area contributed by atoms with Gasteiger partial charge in [0.1, 0.15) is 7.14 Å². The molecule has 0 fully saturated rings. The maximum atomic E-state index is 13.1. The summed E-state index contributed by atoms with van der Waals surface area (Å²) in [6.07, 6.45) is -4.69. The van der Waals surface area contributed by atoms with Crippen LogP contribution in [0.1, 0.15) is 6.92 Å². The largest absolute Gasteiger partial charge is 0.573 e. The predicted molar refractivity (Wildman–Crippen MR) is 56.8 cm³/mol. The van der Waals surface area contributed by atoms with Gasteiger partial charge in [-0.3, -0.25) is 0 Å². The lowest BCUT2D eigenvalue weighted by Crippen LogP contribution is -2.19. The van der Waals surface area contributed by atoms with Crippen LogP contribution in [0, 0.1) is 5.82 Å². The zero-order chi connectivity index (χ0) is 13.3. The minimum Gasteiger partial charge on any atom is -0.403 e. The Kier molecular flexibility index (Phi) is 3.87. The topological polar surface area (TPSA) is 26.3 Å². The molecule has 17 heavy (non-hydrogen) atoms. The van der Waals surface area contributed by atoms with Crippen LogP contribution in [0.15, 0.2) is 18.2 Å². The number of halogens is 4. The van der Waals surface area contributed by atoms with Crippen LogP contribution in [0.5, 0.6) is 5.75 Å². The minimum absolute atomic E-state index is 0.167. The highest BCUT2D eigenvalue weighted by Crippen LogP contribution is 2.40. The van der Waals surface area contributed by atoms with Gasteiger partial charge in [0.2, 0.25) is 0 Å². The number of rotatable bonds is 3. The third-order valence-corrected chi connectivity index (χ3v) is 4.87. The molecule has 0 aliphatic rings. The van der Waals surface area contributed by atoms with E-state index in [0.717, 1.165) is 12.1 Å². The molecule has 1 aromatic rings. The third-order valence-electron chi connectivity index (χ3n) is 2.29. The number of hydrogen-bond donors (Lipinski definition) is 0. The van der Waals surface area contributed by atoms with Crippen molar-refractivity contribution in [2.45, 2.75) is 13.3 Å². The van der Waals surface area contributed by atoms with E-state index in [0.29, 0.717) is 0 Å². The molecule has 0 aliphatic heterocycles. The highest BCUT2D eigenvalue weighted by Gasteiger charge is 2.33. The Balaban J connectivity index is 3.16. The van der Waals surface area contributed by atoms with E-state index in [4.69, 9.17) is 0 Å². The van der Waals surface area contributed by atoms with E-state index in [9.17, 15) is 22.1 Å². The molecule has 2 nitrogen and oxygen atoms in total. The van der Waals surface area contributed by atoms with E-state index < -0.39 is 25.1 Å². The van der Waals surface area contributed by atoms with Crippen LogP contribution in [-0.2, 0) is 4.57 Å². The number of ether oxygens (including phenoxy) is 1. The second kappa shape index (κ2) is 4.69. The van der Waals surface area contributed by atoms with Gasteiger partial charge in [0.15, 0.2) is 11.6 Å². The van der Waals surface area contributed by atoms with Gasteiger partial charge in [-0.1, -0.05) is 6.92 Å². The first-order valence-corrected chi connectivity index (χ1v) is 7.12. The molecule has 1 rings (SSSR count). The Hall–Kier alpha value is -1.03. The van der Waals surface area contributed by atoms with E-state index in [1.807, 2.05) is 0 Å². The van der Waals surface area contributed by atoms with Crippen molar-refractivity contribution < 1.29 is 26.9 Å². The smallest absolute Gasteiger partial charge is 0.403 e. The molecule has 0 heterocycles. The van der Waals surface area contributed by atoms with Crippen LogP contribution in [0.3, 0.4) is 0 Å². The van der Waals surface area contributed by atoms with Crippen molar-refractivity contribution in [3.05, 3.63) is 24.0 Å². The Bertz CT molecular complexity index is 456. The van der Waals surface area contributed by atoms with Crippen molar-refractivity contribution in [3.8, 4) is 5.75 Å². The van der Waals surface area contributed by atoms with Gasteiger partial charge in [0.25, 0.3) is 0 Å². The lowest BCUT2D eigenvalue weighted by molar-refractivity contribution is -0.275. The van der Waals surface area contributed by atoms with Gasteiger partial charge in [-0.15, -0.1) is 13.2 Å². The van der Waals surface area contributed by atoms with Crippen LogP contribution in [0.25, 0.3) is 0 Å². The maximum Gasteiger partial charge on any atom is 0.573 e. The van der Waals surface area contributed by atoms with Crippen LogP contribution in [-0.4, -0.2) is 19.2 Å². The maximum absolute atomic E-state index is 13.1. The van der Waals surface area contributed by atoms with Crippen LogP contribution in [0.2, 0.25) is 0 Å². The monoisotopic (exact) mass is 270 g/mol. The van der Waals surface area contributed by atoms with Crippen molar-refractivity contribution in [1.82, 2.24) is 0 Å². The highest BCUT2D eigenvalue weighted by molar-refractivity contribution is 7.70. The van der Waals surface area contributed by atoms with Crippen molar-refractivity contribution in [1.29, 1.82) is 0 Å². The van der Waals surface area contributed by atoms with Gasteiger partial charge in [0, 0.05) is 11.5 Å². The van der Waals surface area contributed by atoms with Gasteiger partial charge in [-0.05, 0) is 24.9 Å². The molecule has 0 aliphatic carbocycles. The van der Waals surface area contributed by atoms with E-state index in [1.165, 1.54) is 12.7 Å². The average molecular weight is 270 g/mol. The van der Waals surface area contributed by atoms with Gasteiger partial charge >= 0.3 is 6.36 Å². The molecule has 0 bridgehead atoms. The quantitative estimate of drug-likeness (QED) is 0.621. The SMILES string of the molecule is CCP(C)(=O)c1ccc(F)c(OC(F)(F)F)c1. The molecule has 96 valence electrons. The Morgan fingerprint density at radius 2 is 1.94 bits per heavy atom. The molecule has 0 amide bonds. The second-order valence-electron chi connectivity index (χ2n) is 3.58. The lowest BCUT2D eigenvalue weighted by Gasteiger charge is -2.14. The van der Waals surface area contributed by atoms with Gasteiger partial charge < -0.3 is 9.30 Å². The fourth-order valence-corrected chi connectivity index (χ4v) is 2.32. The first kappa shape index (κ1) is 14.0. The summed E-state index contributed by atoms with van der Waals surface area (Å²) in [5.74, 6) is -2.09. The van der Waals surface area contributed by atoms with E-state index >= 15 is 0 Å². The minimum atomic E-state index is -4.97. The molecular weight excluding hydrogens is 259 g/mol. The van der Waals surface area contributed by atoms with Crippen LogP contribution in [0.4, 0.5) is 17.6 Å². The average Bonchev–Trinajstić information content (AvgIpc) is 2.19. The summed E-state index contributed by atoms with van der Waals surface area (Å²) in [7, 11) is -2.75. The number of benzene rings is 1. The van der Waals surface area contributed by atoms with Gasteiger partial charge in [-0.25, -0.2) is 4.39 Å². The molecule has 0 radical (unpaired) electrons. The standard InChI is InChI=1S/C10H11F4O2P/c1-3-17(2,15)7-4-5-8(11)9(6-7)16-10(12,13)14/h4-6H,3H2,1-2H3. The first-order valence-electron chi connectivity index (χ1n) is 4.78. The second-order valence-corrected chi connectivity index (χ2v) is 6.93. The normalized spacial score (nSPS) is 15.4. The highest BCUT2D eigenvalue weighted by atomic mass is 31.2. The molecule has 0 saturated heterocycles. The Morgan fingerprint density at radius 3 is 2.41 bits per heavy atom. The molecule has 1 unspecified atom stereocenters. The predicted octanol–water partition coefficient (Wildman–Crippen LogP) is 3.36. The zero-order valence-electron chi connectivity index (χ0n) is 9.21. The Labute approximate surface area is 96.0 Å². The molecule has 0 N–H and O–H groups in total. The molecular formula is C10H11F4O2P. The molecule has 0 saturated carbocycles. The van der Waals surface area contributed by atoms with Crippen molar-refractivity contribution in [2.75, 3.05) is 12.8 Å². The molecule has 1 aromatic carbocycles. The summed E-state index contributed by atoms with van der Waals surface area (Å²) in [6, 6.07) is 2.87. The summed E-state index contributed by atoms with van der Waals surface area (Å²) in [6.45, 7) is 3.08. The van der Waals surface area contributed by atoms with Gasteiger partial charge in [0.05, 0.1) is 0 Å². The van der Waals surface area contributed by atoms with Crippen LogP contribution < -0.4 is 10.0 Å². The summed E-state index contributed by atoms with van der Waals surface area (Å²) in [5.41, 5.74) is 0. The third kappa shape index (κ3) is 3.73. The van der Waals surface area contributed by atoms with Crippen molar-refractivity contribution in [3.63, 3.8) is 0 Å². The van der Waals surface area contributed by atoms with Crippen molar-refractivity contribution in [2.24, 2.45) is 0 Å².